The molecule has 2 heterocycles. The molecule has 0 aliphatic carbocycles. The monoisotopic (exact) mass is 361 g/mol. The second-order valence-corrected chi connectivity index (χ2v) is 7.06. The Hall–Kier alpha value is -3.07. The third-order valence-electron chi connectivity index (χ3n) is 3.19. The number of nitrogens with one attached hydrogen (secondary N) is 2. The van der Waals surface area contributed by atoms with Gasteiger partial charge in [-0.3, -0.25) is 9.52 Å². The van der Waals surface area contributed by atoms with Crippen LogP contribution in [0.1, 0.15) is 16.1 Å². The first-order valence-electron chi connectivity index (χ1n) is 7.26. The average molecular weight is 361 g/mol. The van der Waals surface area contributed by atoms with Crippen molar-refractivity contribution in [2.24, 2.45) is 0 Å². The number of amides is 1. The van der Waals surface area contributed by atoms with E-state index in [9.17, 15) is 13.2 Å². The fourth-order valence-electron chi connectivity index (χ4n) is 2.15. The minimum absolute atomic E-state index is 0.122. The van der Waals surface area contributed by atoms with Crippen LogP contribution in [-0.2, 0) is 16.6 Å². The highest BCUT2D eigenvalue weighted by atomic mass is 32.2. The molecule has 1 amide bonds. The van der Waals surface area contributed by atoms with Crippen LogP contribution in [0.3, 0.4) is 0 Å². The van der Waals surface area contributed by atoms with E-state index in [1.165, 1.54) is 12.3 Å². The third kappa shape index (κ3) is 4.48. The van der Waals surface area contributed by atoms with Crippen LogP contribution in [0.15, 0.2) is 57.7 Å². The smallest absolute Gasteiger partial charge is 0.273 e. The number of nitrogens with zero attached hydrogens (tertiary/aromatic N) is 1. The maximum atomic E-state index is 12.1. The fraction of sp³-hybridized carbons (Fsp3) is 0.125. The van der Waals surface area contributed by atoms with Gasteiger partial charge < -0.3 is 14.3 Å². The van der Waals surface area contributed by atoms with Gasteiger partial charge in [-0.1, -0.05) is 17.3 Å². The zero-order valence-electron chi connectivity index (χ0n) is 13.2. The number of hydrogen-bond acceptors (Lipinski definition) is 6. The first-order valence-corrected chi connectivity index (χ1v) is 9.15. The highest BCUT2D eigenvalue weighted by Gasteiger charge is 2.15. The van der Waals surface area contributed by atoms with E-state index in [4.69, 9.17) is 8.94 Å². The van der Waals surface area contributed by atoms with Crippen molar-refractivity contribution in [2.45, 2.75) is 6.54 Å². The summed E-state index contributed by atoms with van der Waals surface area (Å²) >= 11 is 0. The summed E-state index contributed by atoms with van der Waals surface area (Å²) in [5.41, 5.74) is 1.28. The summed E-state index contributed by atoms with van der Waals surface area (Å²) in [6.07, 6.45) is 2.57. The molecule has 130 valence electrons. The number of aromatic nitrogens is 1. The predicted molar refractivity (Wildman–Crippen MR) is 90.3 cm³/mol. The highest BCUT2D eigenvalue weighted by Crippen LogP contribution is 2.20. The van der Waals surface area contributed by atoms with Crippen molar-refractivity contribution in [1.29, 1.82) is 0 Å². The van der Waals surface area contributed by atoms with Crippen LogP contribution in [0.5, 0.6) is 0 Å². The molecule has 3 rings (SSSR count). The number of carbonyl (C=O) groups is 1. The molecule has 0 fully saturated rings. The Labute approximate surface area is 143 Å². The van der Waals surface area contributed by atoms with Gasteiger partial charge in [-0.05, 0) is 29.8 Å². The summed E-state index contributed by atoms with van der Waals surface area (Å²) in [6.45, 7) is 0.209. The van der Waals surface area contributed by atoms with Gasteiger partial charge in [-0.15, -0.1) is 0 Å². The zero-order chi connectivity index (χ0) is 17.9. The molecule has 0 aliphatic heterocycles. The summed E-state index contributed by atoms with van der Waals surface area (Å²) in [5.74, 6) is 0.420. The normalized spacial score (nSPS) is 11.2. The van der Waals surface area contributed by atoms with Crippen molar-refractivity contribution in [3.05, 3.63) is 60.0 Å². The van der Waals surface area contributed by atoms with Crippen LogP contribution in [0.2, 0.25) is 0 Å². The summed E-state index contributed by atoms with van der Waals surface area (Å²) in [5, 5.41) is 6.41. The van der Waals surface area contributed by atoms with Crippen molar-refractivity contribution in [1.82, 2.24) is 10.5 Å². The van der Waals surface area contributed by atoms with Crippen LogP contribution in [0.25, 0.3) is 11.5 Å². The Kier molecular flexibility index (Phi) is 4.57. The standard InChI is InChI=1S/C16H15N3O5S/c1-25(21,22)19-12-5-2-4-11(8-12)10-17-16(20)13-9-15(24-18-13)14-6-3-7-23-14/h2-9,19H,10H2,1H3,(H,17,20). The van der Waals surface area contributed by atoms with Gasteiger partial charge in [0.05, 0.1) is 12.5 Å². The van der Waals surface area contributed by atoms with Crippen molar-refractivity contribution in [3.8, 4) is 11.5 Å². The molecule has 2 N–H and O–H groups in total. The van der Waals surface area contributed by atoms with Crippen molar-refractivity contribution in [3.63, 3.8) is 0 Å². The molecular weight excluding hydrogens is 346 g/mol. The summed E-state index contributed by atoms with van der Waals surface area (Å²) in [7, 11) is -3.36. The van der Waals surface area contributed by atoms with Gasteiger partial charge in [0.25, 0.3) is 5.91 Å². The Bertz CT molecular complexity index is 977. The van der Waals surface area contributed by atoms with E-state index in [-0.39, 0.29) is 12.2 Å². The van der Waals surface area contributed by atoms with E-state index in [0.717, 1.165) is 11.8 Å². The zero-order valence-corrected chi connectivity index (χ0v) is 14.0. The molecule has 0 atom stereocenters. The number of carbonyl (C=O) groups excluding carboxylic acids is 1. The Morgan fingerprint density at radius 2 is 2.00 bits per heavy atom. The lowest BCUT2D eigenvalue weighted by Crippen LogP contribution is -2.23. The van der Waals surface area contributed by atoms with E-state index in [1.807, 2.05) is 0 Å². The van der Waals surface area contributed by atoms with Crippen LogP contribution in [0, 0.1) is 0 Å². The van der Waals surface area contributed by atoms with E-state index < -0.39 is 15.9 Å². The largest absolute Gasteiger partial charge is 0.461 e. The molecular formula is C16H15N3O5S. The number of hydrogen-bond donors (Lipinski definition) is 2. The van der Waals surface area contributed by atoms with E-state index in [1.54, 1.807) is 36.4 Å². The summed E-state index contributed by atoms with van der Waals surface area (Å²) in [4.78, 5) is 12.1. The summed E-state index contributed by atoms with van der Waals surface area (Å²) in [6, 6.07) is 11.6. The van der Waals surface area contributed by atoms with E-state index in [2.05, 4.69) is 15.2 Å². The number of furan rings is 1. The lowest BCUT2D eigenvalue weighted by Gasteiger charge is -2.07. The predicted octanol–water partition coefficient (Wildman–Crippen LogP) is 2.24. The van der Waals surface area contributed by atoms with E-state index in [0.29, 0.717) is 17.2 Å². The van der Waals surface area contributed by atoms with Gasteiger partial charge in [0.2, 0.25) is 15.8 Å². The molecule has 9 heteroatoms. The second-order valence-electron chi connectivity index (χ2n) is 5.31. The molecule has 2 aromatic heterocycles. The maximum absolute atomic E-state index is 12.1. The molecule has 0 spiro atoms. The first-order chi connectivity index (χ1) is 11.9. The number of sulfonamides is 1. The minimum Gasteiger partial charge on any atom is -0.461 e. The molecule has 25 heavy (non-hydrogen) atoms. The Morgan fingerprint density at radius 3 is 2.72 bits per heavy atom. The second kappa shape index (κ2) is 6.81. The molecule has 0 saturated heterocycles. The molecule has 0 saturated carbocycles. The first kappa shape index (κ1) is 16.8. The third-order valence-corrected chi connectivity index (χ3v) is 3.80. The molecule has 0 bridgehead atoms. The highest BCUT2D eigenvalue weighted by molar-refractivity contribution is 7.92. The van der Waals surface area contributed by atoms with Crippen molar-refractivity contribution < 1.29 is 22.2 Å². The minimum atomic E-state index is -3.36. The average Bonchev–Trinajstić information content (AvgIpc) is 3.22. The van der Waals surface area contributed by atoms with Gasteiger partial charge in [0, 0.05) is 18.3 Å². The van der Waals surface area contributed by atoms with Crippen LogP contribution in [0.4, 0.5) is 5.69 Å². The Morgan fingerprint density at radius 1 is 1.16 bits per heavy atom. The van der Waals surface area contributed by atoms with Crippen molar-refractivity contribution in [2.75, 3.05) is 11.0 Å². The van der Waals surface area contributed by atoms with Gasteiger partial charge in [-0.2, -0.15) is 0 Å². The molecule has 1 aromatic carbocycles. The van der Waals surface area contributed by atoms with Gasteiger partial charge in [0.15, 0.2) is 11.5 Å². The summed E-state index contributed by atoms with van der Waals surface area (Å²) < 4.78 is 35.1. The molecule has 0 unspecified atom stereocenters. The van der Waals surface area contributed by atoms with Gasteiger partial charge in [0.1, 0.15) is 0 Å². The van der Waals surface area contributed by atoms with Crippen molar-refractivity contribution >= 4 is 21.6 Å². The molecule has 0 aliphatic rings. The van der Waals surface area contributed by atoms with Crippen LogP contribution >= 0.6 is 0 Å². The Balaban J connectivity index is 1.64. The maximum Gasteiger partial charge on any atom is 0.273 e. The number of benzene rings is 1. The van der Waals surface area contributed by atoms with Gasteiger partial charge >= 0.3 is 0 Å². The molecule has 8 nitrogen and oxygen atoms in total. The van der Waals surface area contributed by atoms with Gasteiger partial charge in [-0.25, -0.2) is 8.42 Å². The topological polar surface area (TPSA) is 114 Å². The quantitative estimate of drug-likeness (QED) is 0.696. The lowest BCUT2D eigenvalue weighted by molar-refractivity contribution is 0.0942. The fourth-order valence-corrected chi connectivity index (χ4v) is 2.70. The lowest BCUT2D eigenvalue weighted by atomic mass is 10.2. The van der Waals surface area contributed by atoms with E-state index >= 15 is 0 Å². The van der Waals surface area contributed by atoms with Crippen LogP contribution < -0.4 is 10.0 Å². The number of rotatable bonds is 6. The molecule has 3 aromatic rings. The SMILES string of the molecule is CS(=O)(=O)Nc1cccc(CNC(=O)c2cc(-c3ccco3)on2)c1. The number of anilines is 1. The van der Waals surface area contributed by atoms with Crippen LogP contribution in [-0.4, -0.2) is 25.7 Å². The molecule has 0 radical (unpaired) electrons.